The third-order valence-electron chi connectivity index (χ3n) is 4.20. The molecule has 0 unspecified atom stereocenters. The SMILES string of the molecule is CCNCc1scc(C)c1S(=O)(=O)N1CCC(C)(C)CC1. The van der Waals surface area contributed by atoms with Crippen LogP contribution < -0.4 is 5.32 Å². The van der Waals surface area contributed by atoms with Gasteiger partial charge in [-0.15, -0.1) is 11.3 Å². The third-order valence-corrected chi connectivity index (χ3v) is 7.56. The Hall–Kier alpha value is -0.430. The topological polar surface area (TPSA) is 49.4 Å². The first-order chi connectivity index (χ1) is 9.78. The van der Waals surface area contributed by atoms with Crippen molar-refractivity contribution in [2.45, 2.75) is 52.0 Å². The van der Waals surface area contributed by atoms with E-state index in [4.69, 9.17) is 0 Å². The maximum Gasteiger partial charge on any atom is 0.244 e. The molecular weight excluding hydrogens is 304 g/mol. The highest BCUT2D eigenvalue weighted by molar-refractivity contribution is 7.89. The quantitative estimate of drug-likeness (QED) is 0.903. The lowest BCUT2D eigenvalue weighted by molar-refractivity contribution is 0.196. The maximum absolute atomic E-state index is 13.0. The smallest absolute Gasteiger partial charge is 0.244 e. The molecule has 1 aliphatic heterocycles. The van der Waals surface area contributed by atoms with Crippen LogP contribution in [0.25, 0.3) is 0 Å². The zero-order chi connectivity index (χ0) is 15.7. The fourth-order valence-corrected chi connectivity index (χ4v) is 5.83. The molecule has 4 nitrogen and oxygen atoms in total. The van der Waals surface area contributed by atoms with Gasteiger partial charge in [-0.3, -0.25) is 0 Å². The Kier molecular flexibility index (Phi) is 5.13. The molecule has 1 fully saturated rings. The minimum Gasteiger partial charge on any atom is -0.312 e. The van der Waals surface area contributed by atoms with Crippen molar-refractivity contribution >= 4 is 21.4 Å². The fraction of sp³-hybridized carbons (Fsp3) is 0.733. The van der Waals surface area contributed by atoms with E-state index in [9.17, 15) is 8.42 Å². The Balaban J connectivity index is 2.26. The number of nitrogens with zero attached hydrogens (tertiary/aromatic N) is 1. The summed E-state index contributed by atoms with van der Waals surface area (Å²) in [5.41, 5.74) is 1.13. The molecule has 0 amide bonds. The number of aryl methyl sites for hydroxylation is 1. The lowest BCUT2D eigenvalue weighted by Crippen LogP contribution is -2.41. The van der Waals surface area contributed by atoms with Crippen molar-refractivity contribution in [1.29, 1.82) is 0 Å². The monoisotopic (exact) mass is 330 g/mol. The number of sulfonamides is 1. The molecule has 1 aromatic heterocycles. The molecule has 0 aromatic carbocycles. The van der Waals surface area contributed by atoms with Crippen LogP contribution in [0.1, 0.15) is 44.1 Å². The van der Waals surface area contributed by atoms with Crippen LogP contribution >= 0.6 is 11.3 Å². The van der Waals surface area contributed by atoms with E-state index in [0.717, 1.165) is 29.8 Å². The minimum absolute atomic E-state index is 0.252. The van der Waals surface area contributed by atoms with Gasteiger partial charge < -0.3 is 5.32 Å². The minimum atomic E-state index is -3.36. The predicted molar refractivity (Wildman–Crippen MR) is 88.2 cm³/mol. The number of hydrogen-bond acceptors (Lipinski definition) is 4. The second kappa shape index (κ2) is 6.36. The highest BCUT2D eigenvalue weighted by Gasteiger charge is 2.35. The first kappa shape index (κ1) is 16.9. The van der Waals surface area contributed by atoms with E-state index in [1.165, 1.54) is 11.3 Å². The summed E-state index contributed by atoms with van der Waals surface area (Å²) in [4.78, 5) is 1.47. The summed E-state index contributed by atoms with van der Waals surface area (Å²) in [6, 6.07) is 0. The van der Waals surface area contributed by atoms with Crippen molar-refractivity contribution < 1.29 is 8.42 Å². The Labute approximate surface area is 132 Å². The largest absolute Gasteiger partial charge is 0.312 e. The van der Waals surface area contributed by atoms with Gasteiger partial charge in [-0.05, 0) is 42.7 Å². The molecule has 21 heavy (non-hydrogen) atoms. The normalized spacial score (nSPS) is 19.8. The average molecular weight is 331 g/mol. The molecule has 0 atom stereocenters. The van der Waals surface area contributed by atoms with Crippen LogP contribution in [0.5, 0.6) is 0 Å². The van der Waals surface area contributed by atoms with Gasteiger partial charge in [0, 0.05) is 24.5 Å². The van der Waals surface area contributed by atoms with Gasteiger partial charge in [0.25, 0.3) is 0 Å². The number of thiophene rings is 1. The van der Waals surface area contributed by atoms with Crippen LogP contribution in [-0.4, -0.2) is 32.4 Å². The zero-order valence-corrected chi connectivity index (χ0v) is 15.0. The van der Waals surface area contributed by atoms with Crippen LogP contribution in [0.4, 0.5) is 0 Å². The standard InChI is InChI=1S/C15H26N2O2S2/c1-5-16-10-13-14(12(2)11-20-13)21(18,19)17-8-6-15(3,4)7-9-17/h11,16H,5-10H2,1-4H3. The van der Waals surface area contributed by atoms with Gasteiger partial charge in [0.05, 0.1) is 0 Å². The van der Waals surface area contributed by atoms with Gasteiger partial charge in [0.1, 0.15) is 4.90 Å². The van der Waals surface area contributed by atoms with E-state index in [-0.39, 0.29) is 5.41 Å². The summed E-state index contributed by atoms with van der Waals surface area (Å²) in [5.74, 6) is 0. The molecule has 120 valence electrons. The third kappa shape index (κ3) is 3.67. The Bertz CT molecular complexity index is 581. The molecular formula is C15H26N2O2S2. The van der Waals surface area contributed by atoms with Crippen molar-refractivity contribution in [3.05, 3.63) is 15.8 Å². The first-order valence-electron chi connectivity index (χ1n) is 7.56. The Morgan fingerprint density at radius 1 is 1.33 bits per heavy atom. The predicted octanol–water partition coefficient (Wildman–Crippen LogP) is 2.98. The molecule has 0 spiro atoms. The first-order valence-corrected chi connectivity index (χ1v) is 9.88. The van der Waals surface area contributed by atoms with Crippen LogP contribution in [-0.2, 0) is 16.6 Å². The molecule has 0 aliphatic carbocycles. The van der Waals surface area contributed by atoms with Crippen molar-refractivity contribution in [3.63, 3.8) is 0 Å². The van der Waals surface area contributed by atoms with Crippen LogP contribution in [0.15, 0.2) is 10.3 Å². The average Bonchev–Trinajstić information content (AvgIpc) is 2.77. The lowest BCUT2D eigenvalue weighted by Gasteiger charge is -2.36. The summed E-state index contributed by atoms with van der Waals surface area (Å²) in [5, 5.41) is 5.19. The summed E-state index contributed by atoms with van der Waals surface area (Å²) < 4.78 is 27.6. The zero-order valence-electron chi connectivity index (χ0n) is 13.4. The number of hydrogen-bond donors (Lipinski definition) is 1. The molecule has 1 N–H and O–H groups in total. The summed E-state index contributed by atoms with van der Waals surface area (Å²) in [6.45, 7) is 11.1. The number of piperidine rings is 1. The van der Waals surface area contributed by atoms with Crippen molar-refractivity contribution in [2.75, 3.05) is 19.6 Å². The highest BCUT2D eigenvalue weighted by atomic mass is 32.2. The molecule has 6 heteroatoms. The van der Waals surface area contributed by atoms with Gasteiger partial charge in [0.15, 0.2) is 0 Å². The van der Waals surface area contributed by atoms with Crippen LogP contribution in [0, 0.1) is 12.3 Å². The summed E-state index contributed by atoms with van der Waals surface area (Å²) in [6.07, 6.45) is 1.86. The van der Waals surface area contributed by atoms with Crippen molar-refractivity contribution in [3.8, 4) is 0 Å². The molecule has 2 heterocycles. The van der Waals surface area contributed by atoms with Gasteiger partial charge >= 0.3 is 0 Å². The Morgan fingerprint density at radius 3 is 2.52 bits per heavy atom. The second-order valence-electron chi connectivity index (χ2n) is 6.52. The molecule has 0 bridgehead atoms. The van der Waals surface area contributed by atoms with Gasteiger partial charge in [0.2, 0.25) is 10.0 Å². The van der Waals surface area contributed by atoms with Crippen molar-refractivity contribution in [2.24, 2.45) is 5.41 Å². The highest BCUT2D eigenvalue weighted by Crippen LogP contribution is 2.35. The lowest BCUT2D eigenvalue weighted by atomic mass is 9.83. The van der Waals surface area contributed by atoms with Crippen LogP contribution in [0.2, 0.25) is 0 Å². The molecule has 1 aromatic rings. The van der Waals surface area contributed by atoms with E-state index in [2.05, 4.69) is 19.2 Å². The number of nitrogens with one attached hydrogen (secondary N) is 1. The van der Waals surface area contributed by atoms with Gasteiger partial charge in [-0.2, -0.15) is 4.31 Å². The second-order valence-corrected chi connectivity index (χ2v) is 9.36. The number of rotatable bonds is 5. The van der Waals surface area contributed by atoms with Crippen molar-refractivity contribution in [1.82, 2.24) is 9.62 Å². The van der Waals surface area contributed by atoms with E-state index >= 15 is 0 Å². The summed E-state index contributed by atoms with van der Waals surface area (Å²) >= 11 is 1.54. The summed E-state index contributed by atoms with van der Waals surface area (Å²) in [7, 11) is -3.36. The molecule has 0 saturated carbocycles. The van der Waals surface area contributed by atoms with E-state index < -0.39 is 10.0 Å². The van der Waals surface area contributed by atoms with Gasteiger partial charge in [-0.25, -0.2) is 8.42 Å². The van der Waals surface area contributed by atoms with E-state index in [1.807, 2.05) is 19.2 Å². The fourth-order valence-electron chi connectivity index (χ4n) is 2.66. The van der Waals surface area contributed by atoms with E-state index in [1.54, 1.807) is 4.31 Å². The van der Waals surface area contributed by atoms with Gasteiger partial charge in [-0.1, -0.05) is 20.8 Å². The molecule has 0 radical (unpaired) electrons. The maximum atomic E-state index is 13.0. The van der Waals surface area contributed by atoms with Crippen LogP contribution in [0.3, 0.4) is 0 Å². The molecule has 1 saturated heterocycles. The van der Waals surface area contributed by atoms with E-state index in [0.29, 0.717) is 24.5 Å². The Morgan fingerprint density at radius 2 is 1.95 bits per heavy atom. The molecule has 1 aliphatic rings. The molecule has 2 rings (SSSR count).